The fraction of sp³-hybridized carbons (Fsp3) is 0.556. The van der Waals surface area contributed by atoms with E-state index in [0.717, 1.165) is 0 Å². The van der Waals surface area contributed by atoms with Crippen LogP contribution in [0, 0.1) is 0 Å². The van der Waals surface area contributed by atoms with Crippen molar-refractivity contribution in [3.05, 3.63) is 18.0 Å². The van der Waals surface area contributed by atoms with Crippen molar-refractivity contribution < 1.29 is 9.32 Å². The molecular weight excluding hydrogens is 204 g/mol. The van der Waals surface area contributed by atoms with E-state index < -0.39 is 0 Å². The van der Waals surface area contributed by atoms with Gasteiger partial charge in [0.2, 0.25) is 0 Å². The third kappa shape index (κ3) is 3.03. The molecule has 0 spiro atoms. The van der Waals surface area contributed by atoms with Gasteiger partial charge in [0.1, 0.15) is 6.26 Å². The van der Waals surface area contributed by atoms with Gasteiger partial charge in [-0.25, -0.2) is 0 Å². The number of hydrogen-bond acceptors (Lipinski definition) is 3. The van der Waals surface area contributed by atoms with Gasteiger partial charge in [0, 0.05) is 17.5 Å². The first-order valence-electron chi connectivity index (χ1n) is 4.34. The lowest BCUT2D eigenvalue weighted by molar-refractivity contribution is 0.0902. The maximum Gasteiger partial charge on any atom is 0.273 e. The Morgan fingerprint density at radius 1 is 1.71 bits per heavy atom. The number of halogens is 1. The van der Waals surface area contributed by atoms with Crippen molar-refractivity contribution in [1.29, 1.82) is 0 Å². The van der Waals surface area contributed by atoms with E-state index in [1.807, 2.05) is 13.8 Å². The quantitative estimate of drug-likeness (QED) is 0.781. The van der Waals surface area contributed by atoms with Crippen molar-refractivity contribution in [1.82, 2.24) is 10.5 Å². The van der Waals surface area contributed by atoms with Crippen molar-refractivity contribution in [2.24, 2.45) is 0 Å². The minimum atomic E-state index is -0.322. The van der Waals surface area contributed by atoms with Crippen molar-refractivity contribution in [2.75, 3.05) is 5.88 Å². The van der Waals surface area contributed by atoms with Gasteiger partial charge < -0.3 is 9.84 Å². The lowest BCUT2D eigenvalue weighted by Gasteiger charge is -2.24. The molecule has 0 aromatic carbocycles. The minimum absolute atomic E-state index is 0.242. The maximum atomic E-state index is 11.5. The Hall–Kier alpha value is -1.03. The van der Waals surface area contributed by atoms with Crippen LogP contribution in [-0.2, 0) is 0 Å². The van der Waals surface area contributed by atoms with Crippen LogP contribution in [0.5, 0.6) is 0 Å². The van der Waals surface area contributed by atoms with Crippen LogP contribution in [0.25, 0.3) is 0 Å². The molecule has 1 heterocycles. The van der Waals surface area contributed by atoms with E-state index in [1.165, 1.54) is 12.3 Å². The second kappa shape index (κ2) is 4.46. The standard InChI is InChI=1S/C9H13ClN2O2/c1-9(2,4-5-10)11-8(13)7-3-6-14-12-7/h3,6H,4-5H2,1-2H3,(H,11,13). The average molecular weight is 217 g/mol. The molecule has 0 fully saturated rings. The predicted octanol–water partition coefficient (Wildman–Crippen LogP) is 1.81. The number of amides is 1. The number of nitrogens with zero attached hydrogens (tertiary/aromatic N) is 1. The molecule has 0 unspecified atom stereocenters. The fourth-order valence-corrected chi connectivity index (χ4v) is 1.47. The monoisotopic (exact) mass is 216 g/mol. The molecular formula is C9H13ClN2O2. The molecule has 78 valence electrons. The first-order chi connectivity index (χ1) is 6.55. The van der Waals surface area contributed by atoms with Crippen LogP contribution in [0.1, 0.15) is 30.8 Å². The zero-order chi connectivity index (χ0) is 10.6. The summed E-state index contributed by atoms with van der Waals surface area (Å²) in [5, 5.41) is 6.35. The summed E-state index contributed by atoms with van der Waals surface area (Å²) in [7, 11) is 0. The first-order valence-corrected chi connectivity index (χ1v) is 4.87. The molecule has 0 radical (unpaired) electrons. The van der Waals surface area contributed by atoms with Crippen LogP contribution in [0.2, 0.25) is 0 Å². The lowest BCUT2D eigenvalue weighted by Crippen LogP contribution is -2.43. The second-order valence-electron chi connectivity index (χ2n) is 3.66. The van der Waals surface area contributed by atoms with E-state index in [9.17, 15) is 4.79 Å². The largest absolute Gasteiger partial charge is 0.364 e. The van der Waals surface area contributed by atoms with E-state index in [4.69, 9.17) is 11.6 Å². The number of nitrogens with one attached hydrogen (secondary N) is 1. The molecule has 1 rings (SSSR count). The summed E-state index contributed by atoms with van der Waals surface area (Å²) in [6.07, 6.45) is 2.07. The highest BCUT2D eigenvalue weighted by molar-refractivity contribution is 6.17. The molecule has 5 heteroatoms. The molecule has 0 saturated heterocycles. The molecule has 1 amide bonds. The molecule has 0 saturated carbocycles. The van der Waals surface area contributed by atoms with Crippen molar-refractivity contribution in [2.45, 2.75) is 25.8 Å². The fourth-order valence-electron chi connectivity index (χ4n) is 1.000. The van der Waals surface area contributed by atoms with Crippen LogP contribution in [0.4, 0.5) is 0 Å². The summed E-state index contributed by atoms with van der Waals surface area (Å²) in [5.74, 6) is 0.264. The highest BCUT2D eigenvalue weighted by Gasteiger charge is 2.21. The Morgan fingerprint density at radius 2 is 2.43 bits per heavy atom. The van der Waals surface area contributed by atoms with Crippen molar-refractivity contribution in [3.63, 3.8) is 0 Å². The molecule has 0 aliphatic carbocycles. The summed E-state index contributed by atoms with van der Waals surface area (Å²) >= 11 is 5.61. The molecule has 1 aromatic rings. The van der Waals surface area contributed by atoms with Gasteiger partial charge in [0.15, 0.2) is 5.69 Å². The van der Waals surface area contributed by atoms with Gasteiger partial charge in [-0.2, -0.15) is 0 Å². The van der Waals surface area contributed by atoms with E-state index in [2.05, 4.69) is 15.0 Å². The maximum absolute atomic E-state index is 11.5. The van der Waals surface area contributed by atoms with Gasteiger partial charge in [-0.1, -0.05) is 5.16 Å². The zero-order valence-corrected chi connectivity index (χ0v) is 8.97. The van der Waals surface area contributed by atoms with E-state index in [0.29, 0.717) is 12.3 Å². The van der Waals surface area contributed by atoms with Crippen LogP contribution in [-0.4, -0.2) is 22.5 Å². The van der Waals surface area contributed by atoms with Gasteiger partial charge in [-0.15, -0.1) is 11.6 Å². The van der Waals surface area contributed by atoms with Crippen molar-refractivity contribution in [3.8, 4) is 0 Å². The first kappa shape index (κ1) is 11.0. The van der Waals surface area contributed by atoms with Gasteiger partial charge in [0.25, 0.3) is 5.91 Å². The molecule has 0 aliphatic heterocycles. The number of alkyl halides is 1. The molecule has 0 aliphatic rings. The van der Waals surface area contributed by atoms with E-state index >= 15 is 0 Å². The summed E-state index contributed by atoms with van der Waals surface area (Å²) in [5.41, 5.74) is -0.0368. The Morgan fingerprint density at radius 3 is 2.93 bits per heavy atom. The summed E-state index contributed by atoms with van der Waals surface area (Å²) < 4.78 is 4.57. The molecule has 14 heavy (non-hydrogen) atoms. The Bertz CT molecular complexity index is 296. The SMILES string of the molecule is CC(C)(CCCl)NC(=O)c1ccon1. The summed E-state index contributed by atoms with van der Waals surface area (Å²) in [4.78, 5) is 11.5. The molecule has 0 bridgehead atoms. The molecule has 0 atom stereocenters. The zero-order valence-electron chi connectivity index (χ0n) is 8.21. The number of aromatic nitrogens is 1. The van der Waals surface area contributed by atoms with Crippen LogP contribution >= 0.6 is 11.6 Å². The third-order valence-electron chi connectivity index (χ3n) is 1.84. The van der Waals surface area contributed by atoms with Gasteiger partial charge in [-0.3, -0.25) is 4.79 Å². The smallest absolute Gasteiger partial charge is 0.273 e. The summed E-state index contributed by atoms with van der Waals surface area (Å²) in [6, 6.07) is 1.52. The Labute approximate surface area is 87.6 Å². The second-order valence-corrected chi connectivity index (χ2v) is 4.04. The van der Waals surface area contributed by atoms with Gasteiger partial charge >= 0.3 is 0 Å². The normalized spacial score (nSPS) is 11.4. The topological polar surface area (TPSA) is 55.1 Å². The van der Waals surface area contributed by atoms with Gasteiger partial charge in [-0.05, 0) is 20.3 Å². The van der Waals surface area contributed by atoms with Crippen LogP contribution in [0.15, 0.2) is 16.9 Å². The lowest BCUT2D eigenvalue weighted by atomic mass is 10.0. The Balaban J connectivity index is 2.57. The van der Waals surface area contributed by atoms with Crippen LogP contribution in [0.3, 0.4) is 0 Å². The summed E-state index contributed by atoms with van der Waals surface area (Å²) in [6.45, 7) is 3.82. The molecule has 1 N–H and O–H groups in total. The predicted molar refractivity (Wildman–Crippen MR) is 53.4 cm³/mol. The van der Waals surface area contributed by atoms with Gasteiger partial charge in [0.05, 0.1) is 0 Å². The number of hydrogen-bond donors (Lipinski definition) is 1. The number of carbonyl (C=O) groups excluding carboxylic acids is 1. The minimum Gasteiger partial charge on any atom is -0.364 e. The van der Waals surface area contributed by atoms with E-state index in [-0.39, 0.29) is 17.1 Å². The molecule has 4 nitrogen and oxygen atoms in total. The Kier molecular flexibility index (Phi) is 3.52. The number of rotatable bonds is 4. The highest BCUT2D eigenvalue weighted by Crippen LogP contribution is 2.10. The molecule has 1 aromatic heterocycles. The van der Waals surface area contributed by atoms with Crippen LogP contribution < -0.4 is 5.32 Å². The highest BCUT2D eigenvalue weighted by atomic mass is 35.5. The van der Waals surface area contributed by atoms with E-state index in [1.54, 1.807) is 0 Å². The number of carbonyl (C=O) groups is 1. The third-order valence-corrected chi connectivity index (χ3v) is 2.03. The van der Waals surface area contributed by atoms with Crippen molar-refractivity contribution >= 4 is 17.5 Å². The average Bonchev–Trinajstić information content (AvgIpc) is 2.53.